The van der Waals surface area contributed by atoms with E-state index >= 15 is 0 Å². The highest BCUT2D eigenvalue weighted by atomic mass is 16.3. The van der Waals surface area contributed by atoms with Gasteiger partial charge in [-0.15, -0.1) is 0 Å². The van der Waals surface area contributed by atoms with Gasteiger partial charge in [-0.2, -0.15) is 0 Å². The smallest absolute Gasteiger partial charge is 0.0855 e. The van der Waals surface area contributed by atoms with Gasteiger partial charge in [0.05, 0.1) is 18.8 Å². The number of pyridine rings is 1. The van der Waals surface area contributed by atoms with Gasteiger partial charge in [0.2, 0.25) is 0 Å². The quantitative estimate of drug-likeness (QED) is 0.449. The fourth-order valence-electron chi connectivity index (χ4n) is 1.40. The minimum absolute atomic E-state index is 0.0761. The molecule has 1 aromatic rings. The molecule has 1 N–H and O–H groups in total. The van der Waals surface area contributed by atoms with Crippen molar-refractivity contribution in [3.05, 3.63) is 39.5 Å². The molecule has 0 atom stereocenters. The Morgan fingerprint density at radius 3 is 3.00 bits per heavy atom. The van der Waals surface area contributed by atoms with Crippen LogP contribution in [0, 0.1) is 0 Å². The number of aliphatic hydroxyl groups excluding tert-OH is 1. The van der Waals surface area contributed by atoms with Gasteiger partial charge in [-0.25, -0.2) is 0 Å². The molecule has 0 aliphatic rings. The Hall–Kier alpha value is -1.58. The molecule has 5 heteroatoms. The minimum atomic E-state index is -0.0761. The van der Waals surface area contributed by atoms with Gasteiger partial charge in [-0.3, -0.25) is 4.98 Å². The Kier molecular flexibility index (Phi) is 3.91. The Bertz CT molecular complexity index is 358. The number of rotatable bonds is 4. The molecule has 0 fully saturated rings. The van der Waals surface area contributed by atoms with Crippen molar-refractivity contribution >= 4 is 0 Å². The van der Waals surface area contributed by atoms with E-state index in [0.29, 0.717) is 12.2 Å². The molecule has 0 aliphatic carbocycles. The molecule has 0 saturated heterocycles. The van der Waals surface area contributed by atoms with Gasteiger partial charge in [-0.1, -0.05) is 12.0 Å². The van der Waals surface area contributed by atoms with Crippen LogP contribution in [0.4, 0.5) is 0 Å². The highest BCUT2D eigenvalue weighted by molar-refractivity contribution is 5.29. The largest absolute Gasteiger partial charge is 0.390 e. The van der Waals surface area contributed by atoms with E-state index in [0.717, 1.165) is 17.5 Å². The number of azide groups is 1. The predicted molar refractivity (Wildman–Crippen MR) is 52.4 cm³/mol. The molecular formula is C9H12N4O. The maximum absolute atomic E-state index is 9.03. The number of aromatic nitrogens is 1. The monoisotopic (exact) mass is 192 g/mol. The SMILES string of the molecule is CCc1c(CN=[N+]=[N-])ccnc1CO. The fourth-order valence-corrected chi connectivity index (χ4v) is 1.40. The molecule has 5 nitrogen and oxygen atoms in total. The third-order valence-electron chi connectivity index (χ3n) is 2.05. The van der Waals surface area contributed by atoms with Crippen molar-refractivity contribution < 1.29 is 5.11 Å². The standard InChI is InChI=1S/C9H12N4O/c1-2-8-7(5-12-13-10)3-4-11-9(8)6-14/h3-4,14H,2,5-6H2,1H3. The van der Waals surface area contributed by atoms with Gasteiger partial charge in [0.15, 0.2) is 0 Å². The summed E-state index contributed by atoms with van der Waals surface area (Å²) in [6, 6.07) is 1.81. The number of aliphatic hydroxyl groups is 1. The molecular weight excluding hydrogens is 180 g/mol. The van der Waals surface area contributed by atoms with Crippen molar-refractivity contribution in [3.63, 3.8) is 0 Å². The second kappa shape index (κ2) is 5.21. The minimum Gasteiger partial charge on any atom is -0.390 e. The van der Waals surface area contributed by atoms with Crippen LogP contribution in [0.15, 0.2) is 17.4 Å². The van der Waals surface area contributed by atoms with Gasteiger partial charge in [0, 0.05) is 11.1 Å². The van der Waals surface area contributed by atoms with Crippen molar-refractivity contribution in [1.29, 1.82) is 0 Å². The van der Waals surface area contributed by atoms with Crippen LogP contribution < -0.4 is 0 Å². The maximum Gasteiger partial charge on any atom is 0.0855 e. The average Bonchev–Trinajstić information content (AvgIpc) is 2.25. The molecule has 74 valence electrons. The molecule has 0 aliphatic heterocycles. The highest BCUT2D eigenvalue weighted by Crippen LogP contribution is 2.14. The summed E-state index contributed by atoms with van der Waals surface area (Å²) < 4.78 is 0. The summed E-state index contributed by atoms with van der Waals surface area (Å²) in [5, 5.41) is 12.5. The first-order valence-corrected chi connectivity index (χ1v) is 4.40. The van der Waals surface area contributed by atoms with Gasteiger partial charge >= 0.3 is 0 Å². The van der Waals surface area contributed by atoms with Gasteiger partial charge in [-0.05, 0) is 29.1 Å². The molecule has 0 aromatic carbocycles. The first kappa shape index (κ1) is 10.5. The topological polar surface area (TPSA) is 81.9 Å². The van der Waals surface area contributed by atoms with Crippen molar-refractivity contribution in [2.45, 2.75) is 26.5 Å². The molecule has 0 saturated carbocycles. The lowest BCUT2D eigenvalue weighted by atomic mass is 10.0. The predicted octanol–water partition coefficient (Wildman–Crippen LogP) is 1.95. The molecule has 14 heavy (non-hydrogen) atoms. The molecule has 0 radical (unpaired) electrons. The lowest BCUT2D eigenvalue weighted by Gasteiger charge is -2.08. The zero-order valence-electron chi connectivity index (χ0n) is 8.01. The van der Waals surface area contributed by atoms with Crippen molar-refractivity contribution in [2.75, 3.05) is 0 Å². The van der Waals surface area contributed by atoms with E-state index in [1.165, 1.54) is 0 Å². The normalized spacial score (nSPS) is 9.57. The summed E-state index contributed by atoms with van der Waals surface area (Å²) in [5.74, 6) is 0. The summed E-state index contributed by atoms with van der Waals surface area (Å²) in [6.45, 7) is 2.22. The van der Waals surface area contributed by atoms with E-state index < -0.39 is 0 Å². The number of nitrogens with zero attached hydrogens (tertiary/aromatic N) is 4. The molecule has 1 aromatic heterocycles. The van der Waals surface area contributed by atoms with Crippen LogP contribution in [0.5, 0.6) is 0 Å². The molecule has 0 unspecified atom stereocenters. The van der Waals surface area contributed by atoms with Gasteiger partial charge in [0.25, 0.3) is 0 Å². The second-order valence-electron chi connectivity index (χ2n) is 2.80. The van der Waals surface area contributed by atoms with E-state index in [4.69, 9.17) is 10.6 Å². The lowest BCUT2D eigenvalue weighted by Crippen LogP contribution is -2.01. The summed E-state index contributed by atoms with van der Waals surface area (Å²) in [5.41, 5.74) is 10.8. The maximum atomic E-state index is 9.03. The highest BCUT2D eigenvalue weighted by Gasteiger charge is 2.05. The number of hydrogen-bond acceptors (Lipinski definition) is 3. The summed E-state index contributed by atoms with van der Waals surface area (Å²) >= 11 is 0. The zero-order valence-corrected chi connectivity index (χ0v) is 8.01. The van der Waals surface area contributed by atoms with E-state index in [1.807, 2.05) is 13.0 Å². The van der Waals surface area contributed by atoms with Crippen LogP contribution in [-0.2, 0) is 19.6 Å². The van der Waals surface area contributed by atoms with E-state index in [2.05, 4.69) is 15.0 Å². The number of hydrogen-bond donors (Lipinski definition) is 1. The molecule has 1 heterocycles. The van der Waals surface area contributed by atoms with Gasteiger partial charge < -0.3 is 5.11 Å². The van der Waals surface area contributed by atoms with Crippen LogP contribution >= 0.6 is 0 Å². The molecule has 0 bridgehead atoms. The van der Waals surface area contributed by atoms with Crippen LogP contribution in [0.3, 0.4) is 0 Å². The van der Waals surface area contributed by atoms with Crippen molar-refractivity contribution in [3.8, 4) is 0 Å². The van der Waals surface area contributed by atoms with Crippen molar-refractivity contribution in [2.24, 2.45) is 5.11 Å². The summed E-state index contributed by atoms with van der Waals surface area (Å²) in [4.78, 5) is 6.76. The van der Waals surface area contributed by atoms with E-state index in [-0.39, 0.29) is 6.61 Å². The van der Waals surface area contributed by atoms with Gasteiger partial charge in [0.1, 0.15) is 0 Å². The first-order valence-electron chi connectivity index (χ1n) is 4.40. The molecule has 0 amide bonds. The average molecular weight is 192 g/mol. The second-order valence-corrected chi connectivity index (χ2v) is 2.80. The first-order chi connectivity index (χ1) is 6.83. The molecule has 1 rings (SSSR count). The lowest BCUT2D eigenvalue weighted by molar-refractivity contribution is 0.275. The Labute approximate surface area is 82.0 Å². The van der Waals surface area contributed by atoms with Crippen LogP contribution in [0.25, 0.3) is 10.4 Å². The third kappa shape index (κ3) is 2.22. The van der Waals surface area contributed by atoms with Crippen LogP contribution in [0.2, 0.25) is 0 Å². The van der Waals surface area contributed by atoms with E-state index in [9.17, 15) is 0 Å². The third-order valence-corrected chi connectivity index (χ3v) is 2.05. The summed E-state index contributed by atoms with van der Waals surface area (Å²) in [6.07, 6.45) is 2.40. The summed E-state index contributed by atoms with van der Waals surface area (Å²) in [7, 11) is 0. The Balaban J connectivity index is 3.07. The Morgan fingerprint density at radius 1 is 1.64 bits per heavy atom. The zero-order chi connectivity index (χ0) is 10.4. The van der Waals surface area contributed by atoms with Crippen molar-refractivity contribution in [1.82, 2.24) is 4.98 Å². The Morgan fingerprint density at radius 2 is 2.43 bits per heavy atom. The molecule has 0 spiro atoms. The fraction of sp³-hybridized carbons (Fsp3) is 0.444. The van der Waals surface area contributed by atoms with Crippen LogP contribution in [-0.4, -0.2) is 10.1 Å². The van der Waals surface area contributed by atoms with Crippen LogP contribution in [0.1, 0.15) is 23.7 Å². The van der Waals surface area contributed by atoms with E-state index in [1.54, 1.807) is 6.20 Å².